The molecule has 0 bridgehead atoms. The lowest BCUT2D eigenvalue weighted by Crippen LogP contribution is -2.28. The second-order valence-corrected chi connectivity index (χ2v) is 8.72. The molecule has 0 saturated heterocycles. The molecular weight excluding hydrogens is 355 g/mol. The number of hydrogen-bond acceptors (Lipinski definition) is 3. The summed E-state index contributed by atoms with van der Waals surface area (Å²) in [6.07, 6.45) is -0.104. The smallest absolute Gasteiger partial charge is 0.240 e. The van der Waals surface area contributed by atoms with E-state index in [0.717, 1.165) is 5.56 Å². The van der Waals surface area contributed by atoms with Crippen molar-refractivity contribution < 1.29 is 17.6 Å². The molecule has 0 aromatic heterocycles. The van der Waals surface area contributed by atoms with E-state index in [9.17, 15) is 17.6 Å². The molecular formula is C19H23FN2O3S. The first-order valence-electron chi connectivity index (χ1n) is 8.24. The maximum atomic E-state index is 13.5. The summed E-state index contributed by atoms with van der Waals surface area (Å²) < 4.78 is 40.4. The maximum Gasteiger partial charge on any atom is 0.240 e. The van der Waals surface area contributed by atoms with Gasteiger partial charge in [-0.3, -0.25) is 4.79 Å². The summed E-state index contributed by atoms with van der Waals surface area (Å²) in [6.45, 7) is 6.05. The maximum absolute atomic E-state index is 13.5. The molecule has 1 amide bonds. The molecule has 0 atom stereocenters. The van der Waals surface area contributed by atoms with Gasteiger partial charge in [0.1, 0.15) is 5.82 Å². The van der Waals surface area contributed by atoms with E-state index in [4.69, 9.17) is 0 Å². The highest BCUT2D eigenvalue weighted by Gasteiger charge is 2.17. The summed E-state index contributed by atoms with van der Waals surface area (Å²) in [5, 5.41) is 2.41. The molecule has 7 heteroatoms. The quantitative estimate of drug-likeness (QED) is 0.809. The number of benzene rings is 2. The topological polar surface area (TPSA) is 75.3 Å². The molecule has 2 aromatic rings. The number of carbonyl (C=O) groups excluding carboxylic acids is 1. The number of para-hydroxylation sites is 1. The van der Waals surface area contributed by atoms with E-state index in [1.165, 1.54) is 18.2 Å². The van der Waals surface area contributed by atoms with E-state index < -0.39 is 21.7 Å². The van der Waals surface area contributed by atoms with Crippen molar-refractivity contribution in [2.24, 2.45) is 0 Å². The fraction of sp³-hybridized carbons (Fsp3) is 0.316. The van der Waals surface area contributed by atoms with Crippen LogP contribution < -0.4 is 10.0 Å². The minimum Gasteiger partial charge on any atom is -0.324 e. The number of rotatable bonds is 6. The Labute approximate surface area is 153 Å². The molecule has 0 fully saturated rings. The van der Waals surface area contributed by atoms with Gasteiger partial charge in [-0.1, -0.05) is 45.0 Å². The number of amides is 1. The van der Waals surface area contributed by atoms with Crippen LogP contribution in [0.1, 0.15) is 32.8 Å². The first-order valence-corrected chi connectivity index (χ1v) is 9.72. The van der Waals surface area contributed by atoms with E-state index in [1.807, 2.05) is 20.8 Å². The molecule has 140 valence electrons. The van der Waals surface area contributed by atoms with Crippen molar-refractivity contribution in [3.63, 3.8) is 0 Å². The summed E-state index contributed by atoms with van der Waals surface area (Å²) >= 11 is 0. The fourth-order valence-electron chi connectivity index (χ4n) is 2.29. The van der Waals surface area contributed by atoms with Gasteiger partial charge >= 0.3 is 0 Å². The molecule has 2 rings (SSSR count). The summed E-state index contributed by atoms with van der Waals surface area (Å²) in [4.78, 5) is 12.0. The molecule has 0 aliphatic heterocycles. The molecule has 2 N–H and O–H groups in total. The minimum atomic E-state index is -3.70. The summed E-state index contributed by atoms with van der Waals surface area (Å²) in [5.41, 5.74) is 1.03. The third-order valence-electron chi connectivity index (χ3n) is 3.82. The highest BCUT2D eigenvalue weighted by molar-refractivity contribution is 7.89. The molecule has 0 radical (unpaired) electrons. The third kappa shape index (κ3) is 5.37. The monoisotopic (exact) mass is 378 g/mol. The summed E-state index contributed by atoms with van der Waals surface area (Å²) in [6, 6.07) is 12.4. The molecule has 2 aromatic carbocycles. The molecule has 0 unspecified atom stereocenters. The van der Waals surface area contributed by atoms with Gasteiger partial charge in [-0.15, -0.1) is 0 Å². The van der Waals surface area contributed by atoms with Gasteiger partial charge in [0.15, 0.2) is 0 Å². The van der Waals surface area contributed by atoms with Crippen molar-refractivity contribution in [1.29, 1.82) is 0 Å². The van der Waals surface area contributed by atoms with E-state index in [0.29, 0.717) is 0 Å². The van der Waals surface area contributed by atoms with Gasteiger partial charge in [0.25, 0.3) is 0 Å². The third-order valence-corrected chi connectivity index (χ3v) is 5.30. The SMILES string of the molecule is CC(C)(C)c1ccc(S(=O)(=O)NCCC(=O)Nc2ccccc2F)cc1. The number of nitrogens with one attached hydrogen (secondary N) is 2. The summed E-state index contributed by atoms with van der Waals surface area (Å²) in [5.74, 6) is -1.01. The van der Waals surface area contributed by atoms with Crippen LogP contribution >= 0.6 is 0 Å². The average Bonchev–Trinajstić information content (AvgIpc) is 2.56. The van der Waals surface area contributed by atoms with Gasteiger partial charge in [-0.2, -0.15) is 0 Å². The van der Waals surface area contributed by atoms with Gasteiger partial charge in [0.2, 0.25) is 15.9 Å². The van der Waals surface area contributed by atoms with Crippen molar-refractivity contribution in [2.45, 2.75) is 37.5 Å². The van der Waals surface area contributed by atoms with Crippen molar-refractivity contribution in [1.82, 2.24) is 4.72 Å². The van der Waals surface area contributed by atoms with Gasteiger partial charge in [-0.25, -0.2) is 17.5 Å². The lowest BCUT2D eigenvalue weighted by molar-refractivity contribution is -0.116. The number of sulfonamides is 1. The van der Waals surface area contributed by atoms with Crippen LogP contribution in [-0.2, 0) is 20.2 Å². The van der Waals surface area contributed by atoms with Crippen LogP contribution in [0.25, 0.3) is 0 Å². The molecule has 0 heterocycles. The largest absolute Gasteiger partial charge is 0.324 e. The Morgan fingerprint density at radius 2 is 1.65 bits per heavy atom. The first kappa shape index (κ1) is 20.1. The Balaban J connectivity index is 1.92. The van der Waals surface area contributed by atoms with Gasteiger partial charge in [0, 0.05) is 13.0 Å². The van der Waals surface area contributed by atoms with Crippen LogP contribution in [0.4, 0.5) is 10.1 Å². The van der Waals surface area contributed by atoms with Gasteiger partial charge in [-0.05, 0) is 35.2 Å². The zero-order valence-electron chi connectivity index (χ0n) is 15.0. The van der Waals surface area contributed by atoms with Gasteiger partial charge in [0.05, 0.1) is 10.6 Å². The normalized spacial score (nSPS) is 12.0. The number of halogens is 1. The highest BCUT2D eigenvalue weighted by atomic mass is 32.2. The molecule has 0 aliphatic carbocycles. The number of anilines is 1. The molecule has 5 nitrogen and oxygen atoms in total. The molecule has 0 aliphatic rings. The predicted octanol–water partition coefficient (Wildman–Crippen LogP) is 3.43. The van der Waals surface area contributed by atoms with Crippen molar-refractivity contribution in [2.75, 3.05) is 11.9 Å². The lowest BCUT2D eigenvalue weighted by atomic mass is 9.87. The standard InChI is InChI=1S/C19H23FN2O3S/c1-19(2,3)14-8-10-15(11-9-14)26(24,25)21-13-12-18(23)22-17-7-5-4-6-16(17)20/h4-11,21H,12-13H2,1-3H3,(H,22,23). The Kier molecular flexibility index (Phi) is 6.15. The van der Waals surface area contributed by atoms with E-state index in [-0.39, 0.29) is 29.0 Å². The highest BCUT2D eigenvalue weighted by Crippen LogP contribution is 2.23. The molecule has 26 heavy (non-hydrogen) atoms. The van der Waals surface area contributed by atoms with Crippen molar-refractivity contribution in [3.8, 4) is 0 Å². The van der Waals surface area contributed by atoms with E-state index in [2.05, 4.69) is 10.0 Å². The van der Waals surface area contributed by atoms with Crippen LogP contribution in [0.3, 0.4) is 0 Å². The van der Waals surface area contributed by atoms with Crippen molar-refractivity contribution >= 4 is 21.6 Å². The lowest BCUT2D eigenvalue weighted by Gasteiger charge is -2.19. The molecule has 0 spiro atoms. The zero-order valence-corrected chi connectivity index (χ0v) is 15.9. The summed E-state index contributed by atoms with van der Waals surface area (Å²) in [7, 11) is -3.70. The second-order valence-electron chi connectivity index (χ2n) is 6.95. The Morgan fingerprint density at radius 1 is 1.04 bits per heavy atom. The predicted molar refractivity (Wildman–Crippen MR) is 100.0 cm³/mol. The zero-order chi connectivity index (χ0) is 19.4. The number of hydrogen-bond donors (Lipinski definition) is 2. The van der Waals surface area contributed by atoms with Crippen LogP contribution in [0.5, 0.6) is 0 Å². The Bertz CT molecular complexity index is 872. The average molecular weight is 378 g/mol. The molecule has 0 saturated carbocycles. The van der Waals surface area contributed by atoms with Crippen molar-refractivity contribution in [3.05, 3.63) is 59.9 Å². The minimum absolute atomic E-state index is 0.0677. The van der Waals surface area contributed by atoms with Crippen LogP contribution in [-0.4, -0.2) is 20.9 Å². The first-order chi connectivity index (χ1) is 12.1. The van der Waals surface area contributed by atoms with Gasteiger partial charge < -0.3 is 5.32 Å². The Hall–Kier alpha value is -2.25. The van der Waals surface area contributed by atoms with Crippen LogP contribution in [0.2, 0.25) is 0 Å². The van der Waals surface area contributed by atoms with Crippen LogP contribution in [0.15, 0.2) is 53.4 Å². The number of carbonyl (C=O) groups is 1. The van der Waals surface area contributed by atoms with E-state index in [1.54, 1.807) is 30.3 Å². The second kappa shape index (κ2) is 7.97. The fourth-order valence-corrected chi connectivity index (χ4v) is 3.32. The van der Waals surface area contributed by atoms with E-state index >= 15 is 0 Å². The van der Waals surface area contributed by atoms with Crippen LogP contribution in [0, 0.1) is 5.82 Å². The Morgan fingerprint density at radius 3 is 2.23 bits per heavy atom.